The van der Waals surface area contributed by atoms with E-state index in [0.717, 1.165) is 0 Å². The lowest BCUT2D eigenvalue weighted by Gasteiger charge is -2.26. The highest BCUT2D eigenvalue weighted by Crippen LogP contribution is 2.03. The number of rotatable bonds is 0. The fourth-order valence-electron chi connectivity index (χ4n) is 0. The molecule has 0 fully saturated rings. The molecule has 0 rings (SSSR count). The van der Waals surface area contributed by atoms with Crippen LogP contribution in [0.2, 0.25) is 0 Å². The normalized spacial score (nSPS) is 10.7. The minimum Gasteiger partial charge on any atom is -0.269 e. The molecular formula is C7H20N2. The third kappa shape index (κ3) is 7.92. The van der Waals surface area contributed by atoms with Crippen LogP contribution in [-0.2, 0) is 0 Å². The van der Waals surface area contributed by atoms with Gasteiger partial charge in [0.2, 0.25) is 0 Å². The molecule has 0 saturated heterocycles. The quantitative estimate of drug-likeness (QED) is 0.401. The largest absolute Gasteiger partial charge is 0.269 e. The van der Waals surface area contributed by atoms with Crippen molar-refractivity contribution in [3.05, 3.63) is 0 Å². The molecule has 0 heterocycles. The summed E-state index contributed by atoms with van der Waals surface area (Å²) in [5.41, 5.74) is 0.111. The van der Waals surface area contributed by atoms with E-state index >= 15 is 0 Å². The van der Waals surface area contributed by atoms with Crippen molar-refractivity contribution in [2.75, 3.05) is 7.05 Å². The van der Waals surface area contributed by atoms with Crippen LogP contribution in [0.5, 0.6) is 0 Å². The lowest BCUT2D eigenvalue weighted by atomic mass is 10.1. The molecule has 0 bridgehead atoms. The van der Waals surface area contributed by atoms with Crippen LogP contribution < -0.4 is 5.84 Å². The van der Waals surface area contributed by atoms with Crippen molar-refractivity contribution in [3.63, 3.8) is 0 Å². The van der Waals surface area contributed by atoms with E-state index in [2.05, 4.69) is 20.8 Å². The summed E-state index contributed by atoms with van der Waals surface area (Å²) in [7, 11) is 1.86. The smallest absolute Gasteiger partial charge is 0.0264 e. The second-order valence-electron chi connectivity index (χ2n) is 2.78. The summed E-state index contributed by atoms with van der Waals surface area (Å²) in [4.78, 5) is 0. The van der Waals surface area contributed by atoms with Crippen molar-refractivity contribution in [2.45, 2.75) is 40.2 Å². The van der Waals surface area contributed by atoms with Crippen molar-refractivity contribution in [3.8, 4) is 0 Å². The first-order valence-electron chi connectivity index (χ1n) is 3.43. The van der Waals surface area contributed by atoms with E-state index in [1.807, 2.05) is 20.9 Å². The molecule has 0 aromatic heterocycles. The Balaban J connectivity index is 0. The second kappa shape index (κ2) is 4.77. The summed E-state index contributed by atoms with van der Waals surface area (Å²) in [5.74, 6) is 5.40. The van der Waals surface area contributed by atoms with Crippen molar-refractivity contribution < 1.29 is 0 Å². The van der Waals surface area contributed by atoms with Gasteiger partial charge < -0.3 is 0 Å². The molecule has 2 nitrogen and oxygen atoms in total. The molecule has 0 aromatic rings. The van der Waals surface area contributed by atoms with Crippen molar-refractivity contribution in [2.24, 2.45) is 5.84 Å². The highest BCUT2D eigenvalue weighted by Gasteiger charge is 2.11. The summed E-state index contributed by atoms with van der Waals surface area (Å²) in [5, 5.41) is 1.69. The van der Waals surface area contributed by atoms with Gasteiger partial charge in [0.25, 0.3) is 0 Å². The van der Waals surface area contributed by atoms with E-state index < -0.39 is 0 Å². The third-order valence-corrected chi connectivity index (χ3v) is 1.06. The SMILES string of the molecule is CC.CN(N)C(C)(C)C. The van der Waals surface area contributed by atoms with E-state index in [0.29, 0.717) is 0 Å². The highest BCUT2D eigenvalue weighted by molar-refractivity contribution is 4.66. The lowest BCUT2D eigenvalue weighted by Crippen LogP contribution is -2.43. The zero-order valence-corrected chi connectivity index (χ0v) is 7.52. The number of hydrogen-bond acceptors (Lipinski definition) is 2. The highest BCUT2D eigenvalue weighted by atomic mass is 15.4. The van der Waals surface area contributed by atoms with Crippen LogP contribution in [-0.4, -0.2) is 17.6 Å². The Morgan fingerprint density at radius 1 is 1.11 bits per heavy atom. The monoisotopic (exact) mass is 132 g/mol. The molecule has 2 heteroatoms. The van der Waals surface area contributed by atoms with Gasteiger partial charge in [-0.05, 0) is 20.8 Å². The molecule has 0 saturated carbocycles. The van der Waals surface area contributed by atoms with Gasteiger partial charge in [0.1, 0.15) is 0 Å². The summed E-state index contributed by atoms with van der Waals surface area (Å²) < 4.78 is 0. The minimum atomic E-state index is 0.111. The number of nitrogens with two attached hydrogens (primary N) is 1. The van der Waals surface area contributed by atoms with Crippen LogP contribution in [0.25, 0.3) is 0 Å². The first-order chi connectivity index (χ1) is 3.94. The molecule has 9 heavy (non-hydrogen) atoms. The standard InChI is InChI=1S/C5H14N2.C2H6/c1-5(2,3)7(4)6;1-2/h6H2,1-4H3;1-2H3. The molecule has 0 unspecified atom stereocenters. The van der Waals surface area contributed by atoms with Gasteiger partial charge >= 0.3 is 0 Å². The average molecular weight is 132 g/mol. The number of nitrogens with zero attached hydrogens (tertiary/aromatic N) is 1. The zero-order chi connectivity index (χ0) is 8.08. The van der Waals surface area contributed by atoms with E-state index in [4.69, 9.17) is 5.84 Å². The van der Waals surface area contributed by atoms with E-state index in [1.165, 1.54) is 0 Å². The van der Waals surface area contributed by atoms with Gasteiger partial charge in [-0.3, -0.25) is 5.84 Å². The molecule has 0 atom stereocenters. The Morgan fingerprint density at radius 3 is 1.22 bits per heavy atom. The first kappa shape index (κ1) is 11.7. The van der Waals surface area contributed by atoms with Gasteiger partial charge in [-0.25, -0.2) is 5.01 Å². The van der Waals surface area contributed by atoms with Crippen LogP contribution in [0.4, 0.5) is 0 Å². The molecule has 2 N–H and O–H groups in total. The predicted octanol–water partition coefficient (Wildman–Crippen LogP) is 1.62. The summed E-state index contributed by atoms with van der Waals surface area (Å²) in [6, 6.07) is 0. The summed E-state index contributed by atoms with van der Waals surface area (Å²) in [6.07, 6.45) is 0. The van der Waals surface area contributed by atoms with Gasteiger partial charge in [-0.2, -0.15) is 0 Å². The first-order valence-corrected chi connectivity index (χ1v) is 3.43. The maximum Gasteiger partial charge on any atom is 0.0264 e. The molecule has 0 aromatic carbocycles. The van der Waals surface area contributed by atoms with E-state index in [9.17, 15) is 0 Å². The Morgan fingerprint density at radius 2 is 1.22 bits per heavy atom. The molecular weight excluding hydrogens is 112 g/mol. The minimum absolute atomic E-state index is 0.111. The van der Waals surface area contributed by atoms with Crippen molar-refractivity contribution in [1.82, 2.24) is 5.01 Å². The van der Waals surface area contributed by atoms with Crippen LogP contribution in [0, 0.1) is 0 Å². The number of hydrogen-bond donors (Lipinski definition) is 1. The van der Waals surface area contributed by atoms with Crippen LogP contribution in [0.15, 0.2) is 0 Å². The zero-order valence-electron chi connectivity index (χ0n) is 7.52. The lowest BCUT2D eigenvalue weighted by molar-refractivity contribution is 0.180. The Labute approximate surface area is 59.0 Å². The van der Waals surface area contributed by atoms with Gasteiger partial charge in [0.05, 0.1) is 0 Å². The van der Waals surface area contributed by atoms with Gasteiger partial charge in [0.15, 0.2) is 0 Å². The Bertz CT molecular complexity index is 52.4. The predicted molar refractivity (Wildman–Crippen MR) is 43.1 cm³/mol. The van der Waals surface area contributed by atoms with E-state index in [1.54, 1.807) is 5.01 Å². The topological polar surface area (TPSA) is 29.3 Å². The van der Waals surface area contributed by atoms with Crippen molar-refractivity contribution >= 4 is 0 Å². The molecule has 0 radical (unpaired) electrons. The number of hydrazine groups is 1. The molecule has 0 spiro atoms. The maximum absolute atomic E-state index is 5.40. The van der Waals surface area contributed by atoms with Gasteiger partial charge in [0, 0.05) is 12.6 Å². The van der Waals surface area contributed by atoms with Gasteiger partial charge in [-0.1, -0.05) is 13.8 Å². The average Bonchev–Trinajstić information content (AvgIpc) is 1.69. The van der Waals surface area contributed by atoms with Crippen LogP contribution in [0.3, 0.4) is 0 Å². The Hall–Kier alpha value is -0.0800. The molecule has 0 aliphatic rings. The second-order valence-corrected chi connectivity index (χ2v) is 2.78. The van der Waals surface area contributed by atoms with E-state index in [-0.39, 0.29) is 5.54 Å². The third-order valence-electron chi connectivity index (χ3n) is 1.06. The maximum atomic E-state index is 5.40. The fourth-order valence-corrected chi connectivity index (χ4v) is 0. The molecule has 0 aliphatic carbocycles. The summed E-state index contributed by atoms with van der Waals surface area (Å²) in [6.45, 7) is 10.2. The van der Waals surface area contributed by atoms with Crippen LogP contribution >= 0.6 is 0 Å². The molecule has 0 aliphatic heterocycles. The van der Waals surface area contributed by atoms with Crippen molar-refractivity contribution in [1.29, 1.82) is 0 Å². The summed E-state index contributed by atoms with van der Waals surface area (Å²) >= 11 is 0. The fraction of sp³-hybridized carbons (Fsp3) is 1.00. The van der Waals surface area contributed by atoms with Gasteiger partial charge in [-0.15, -0.1) is 0 Å². The van der Waals surface area contributed by atoms with Crippen LogP contribution in [0.1, 0.15) is 34.6 Å². The molecule has 58 valence electrons. The molecule has 0 amide bonds. The Kier molecular flexibility index (Phi) is 6.19.